The second-order valence-electron chi connectivity index (χ2n) is 6.74. The van der Waals surface area contributed by atoms with Gasteiger partial charge in [0.15, 0.2) is 0 Å². The van der Waals surface area contributed by atoms with Crippen molar-refractivity contribution in [3.63, 3.8) is 0 Å². The Morgan fingerprint density at radius 3 is 2.24 bits per heavy atom. The van der Waals surface area contributed by atoms with Gasteiger partial charge in [-0.15, -0.1) is 0 Å². The average Bonchev–Trinajstić information content (AvgIpc) is 2.55. The van der Waals surface area contributed by atoms with E-state index in [4.69, 9.17) is 0 Å². The van der Waals surface area contributed by atoms with Crippen molar-refractivity contribution in [3.05, 3.63) is 58.9 Å². The Balaban J connectivity index is 2.27. The predicted molar refractivity (Wildman–Crippen MR) is 100 cm³/mol. The Morgan fingerprint density at radius 2 is 1.64 bits per heavy atom. The van der Waals surface area contributed by atoms with E-state index in [1.54, 1.807) is 6.07 Å². The number of nitrogens with one attached hydrogen (secondary N) is 2. The summed E-state index contributed by atoms with van der Waals surface area (Å²) in [5, 5.41) is 5.77. The molecule has 5 nitrogen and oxygen atoms in total. The van der Waals surface area contributed by atoms with Crippen LogP contribution in [-0.2, 0) is 0 Å². The van der Waals surface area contributed by atoms with Gasteiger partial charge in [-0.2, -0.15) is 0 Å². The summed E-state index contributed by atoms with van der Waals surface area (Å²) in [5.74, 6) is -0.227. The topological polar surface area (TPSA) is 71.1 Å². The molecule has 0 radical (unpaired) electrons. The highest BCUT2D eigenvalue weighted by atomic mass is 16.2. The third-order valence-electron chi connectivity index (χ3n) is 3.85. The van der Waals surface area contributed by atoms with Gasteiger partial charge in [0, 0.05) is 24.1 Å². The molecule has 0 saturated heterocycles. The van der Waals surface area contributed by atoms with Gasteiger partial charge in [-0.1, -0.05) is 32.0 Å². The summed E-state index contributed by atoms with van der Waals surface area (Å²) in [6, 6.07) is 7.54. The average molecular weight is 339 g/mol. The summed E-state index contributed by atoms with van der Waals surface area (Å²) < 4.78 is 0. The quantitative estimate of drug-likeness (QED) is 0.868. The number of hydrogen-bond donors (Lipinski definition) is 2. The molecule has 132 valence electrons. The molecule has 2 rings (SSSR count). The normalized spacial score (nSPS) is 10.8. The minimum absolute atomic E-state index is 0.0190. The Bertz CT molecular complexity index is 782. The highest BCUT2D eigenvalue weighted by Gasteiger charge is 2.15. The number of aromatic nitrogens is 1. The second kappa shape index (κ2) is 7.92. The van der Waals surface area contributed by atoms with Crippen LogP contribution in [-0.4, -0.2) is 22.8 Å². The van der Waals surface area contributed by atoms with Crippen LogP contribution in [0.3, 0.4) is 0 Å². The highest BCUT2D eigenvalue weighted by molar-refractivity contribution is 6.06. The molecule has 0 atom stereocenters. The van der Waals surface area contributed by atoms with E-state index in [9.17, 15) is 9.59 Å². The Kier molecular flexibility index (Phi) is 5.91. The second-order valence-corrected chi connectivity index (χ2v) is 6.74. The summed E-state index contributed by atoms with van der Waals surface area (Å²) >= 11 is 0. The maximum absolute atomic E-state index is 12.7. The van der Waals surface area contributed by atoms with Crippen LogP contribution in [0.1, 0.15) is 65.5 Å². The minimum atomic E-state index is -0.275. The van der Waals surface area contributed by atoms with Crippen LogP contribution in [0.25, 0.3) is 0 Å². The first-order chi connectivity index (χ1) is 11.8. The number of anilines is 1. The molecule has 0 aliphatic heterocycles. The van der Waals surface area contributed by atoms with E-state index in [-0.39, 0.29) is 23.8 Å². The Labute approximate surface area is 148 Å². The lowest BCUT2D eigenvalue weighted by Crippen LogP contribution is -2.30. The van der Waals surface area contributed by atoms with Crippen LogP contribution in [0, 0.1) is 6.92 Å². The molecule has 0 saturated carbocycles. The van der Waals surface area contributed by atoms with E-state index >= 15 is 0 Å². The van der Waals surface area contributed by atoms with Gasteiger partial charge in [-0.25, -0.2) is 0 Å². The SMILES string of the molecule is Cc1cccc(C(C)C)c1NC(=O)c1cncc(C(=O)NC(C)C)c1. The molecule has 0 aliphatic rings. The fraction of sp³-hybridized carbons (Fsp3) is 0.350. The summed E-state index contributed by atoms with van der Waals surface area (Å²) in [7, 11) is 0. The van der Waals surface area contributed by atoms with Gasteiger partial charge < -0.3 is 10.6 Å². The molecule has 2 amide bonds. The van der Waals surface area contributed by atoms with Gasteiger partial charge >= 0.3 is 0 Å². The zero-order chi connectivity index (χ0) is 18.6. The zero-order valence-electron chi connectivity index (χ0n) is 15.4. The number of para-hydroxylation sites is 1. The van der Waals surface area contributed by atoms with Crippen molar-refractivity contribution in [2.45, 2.75) is 46.6 Å². The van der Waals surface area contributed by atoms with Crippen molar-refractivity contribution >= 4 is 17.5 Å². The number of nitrogens with zero attached hydrogens (tertiary/aromatic N) is 1. The molecular formula is C20H25N3O2. The Hall–Kier alpha value is -2.69. The molecule has 2 aromatic rings. The number of hydrogen-bond acceptors (Lipinski definition) is 3. The molecule has 1 aromatic heterocycles. The van der Waals surface area contributed by atoms with Crippen molar-refractivity contribution in [1.82, 2.24) is 10.3 Å². The van der Waals surface area contributed by atoms with Crippen LogP contribution in [0.2, 0.25) is 0 Å². The third kappa shape index (κ3) is 4.66. The lowest BCUT2D eigenvalue weighted by atomic mass is 9.98. The number of carbonyl (C=O) groups is 2. The first kappa shape index (κ1) is 18.6. The molecule has 0 aliphatic carbocycles. The van der Waals surface area contributed by atoms with E-state index in [1.807, 2.05) is 39.0 Å². The molecule has 2 N–H and O–H groups in total. The number of benzene rings is 1. The van der Waals surface area contributed by atoms with Crippen LogP contribution >= 0.6 is 0 Å². The monoisotopic (exact) mass is 339 g/mol. The molecule has 0 unspecified atom stereocenters. The maximum atomic E-state index is 12.7. The van der Waals surface area contributed by atoms with E-state index in [0.29, 0.717) is 11.1 Å². The molecular weight excluding hydrogens is 314 g/mol. The molecule has 1 aromatic carbocycles. The summed E-state index contributed by atoms with van der Waals surface area (Å²) in [4.78, 5) is 28.8. The fourth-order valence-electron chi connectivity index (χ4n) is 2.56. The minimum Gasteiger partial charge on any atom is -0.350 e. The first-order valence-corrected chi connectivity index (χ1v) is 8.46. The molecule has 0 fully saturated rings. The number of pyridine rings is 1. The van der Waals surface area contributed by atoms with E-state index < -0.39 is 0 Å². The fourth-order valence-corrected chi connectivity index (χ4v) is 2.56. The smallest absolute Gasteiger partial charge is 0.257 e. The number of amides is 2. The summed E-state index contributed by atoms with van der Waals surface area (Å²) in [6.07, 6.45) is 2.93. The van der Waals surface area contributed by atoms with Crippen molar-refractivity contribution in [3.8, 4) is 0 Å². The lowest BCUT2D eigenvalue weighted by Gasteiger charge is -2.16. The van der Waals surface area contributed by atoms with Gasteiger partial charge in [0.2, 0.25) is 0 Å². The van der Waals surface area contributed by atoms with E-state index in [1.165, 1.54) is 12.4 Å². The van der Waals surface area contributed by atoms with Crippen molar-refractivity contribution in [1.29, 1.82) is 0 Å². The third-order valence-corrected chi connectivity index (χ3v) is 3.85. The predicted octanol–water partition coefficient (Wildman–Crippen LogP) is 3.90. The van der Waals surface area contributed by atoms with Gasteiger partial charge in [-0.3, -0.25) is 14.6 Å². The van der Waals surface area contributed by atoms with Gasteiger partial charge in [0.25, 0.3) is 11.8 Å². The standard InChI is InChI=1S/C20H25N3O2/c1-12(2)17-8-6-7-14(5)18(17)23-20(25)16-9-15(10-21-11-16)19(24)22-13(3)4/h6-13H,1-5H3,(H,22,24)(H,23,25). The van der Waals surface area contributed by atoms with Crippen LogP contribution in [0.5, 0.6) is 0 Å². The van der Waals surface area contributed by atoms with E-state index in [2.05, 4.69) is 29.5 Å². The van der Waals surface area contributed by atoms with E-state index in [0.717, 1.165) is 16.8 Å². The highest BCUT2D eigenvalue weighted by Crippen LogP contribution is 2.27. The maximum Gasteiger partial charge on any atom is 0.257 e. The first-order valence-electron chi connectivity index (χ1n) is 8.46. The van der Waals surface area contributed by atoms with Crippen LogP contribution in [0.15, 0.2) is 36.7 Å². The van der Waals surface area contributed by atoms with Gasteiger partial charge in [0.05, 0.1) is 11.1 Å². The number of carbonyl (C=O) groups excluding carboxylic acids is 2. The zero-order valence-corrected chi connectivity index (χ0v) is 15.4. The molecule has 5 heteroatoms. The lowest BCUT2D eigenvalue weighted by molar-refractivity contribution is 0.0942. The van der Waals surface area contributed by atoms with Crippen molar-refractivity contribution < 1.29 is 9.59 Å². The number of rotatable bonds is 5. The molecule has 25 heavy (non-hydrogen) atoms. The van der Waals surface area contributed by atoms with Gasteiger partial charge in [0.1, 0.15) is 0 Å². The van der Waals surface area contributed by atoms with Crippen molar-refractivity contribution in [2.24, 2.45) is 0 Å². The Morgan fingerprint density at radius 1 is 1.00 bits per heavy atom. The summed E-state index contributed by atoms with van der Waals surface area (Å²) in [5.41, 5.74) is 3.63. The van der Waals surface area contributed by atoms with Crippen molar-refractivity contribution in [2.75, 3.05) is 5.32 Å². The molecule has 0 bridgehead atoms. The van der Waals surface area contributed by atoms with Crippen LogP contribution in [0.4, 0.5) is 5.69 Å². The van der Waals surface area contributed by atoms with Gasteiger partial charge in [-0.05, 0) is 43.9 Å². The van der Waals surface area contributed by atoms with Crippen LogP contribution < -0.4 is 10.6 Å². The number of aryl methyl sites for hydroxylation is 1. The largest absolute Gasteiger partial charge is 0.350 e. The summed E-state index contributed by atoms with van der Waals surface area (Å²) in [6.45, 7) is 9.90. The molecule has 1 heterocycles. The molecule has 0 spiro atoms.